The molecule has 1 aliphatic rings. The first-order valence-electron chi connectivity index (χ1n) is 7.64. The van der Waals surface area contributed by atoms with Crippen molar-refractivity contribution in [2.45, 2.75) is 45.2 Å². The van der Waals surface area contributed by atoms with Gasteiger partial charge in [0.15, 0.2) is 0 Å². The zero-order valence-electron chi connectivity index (χ0n) is 12.1. The molecule has 3 heteroatoms. The summed E-state index contributed by atoms with van der Waals surface area (Å²) in [4.78, 5) is 0. The summed E-state index contributed by atoms with van der Waals surface area (Å²) < 4.78 is 2.00. The van der Waals surface area contributed by atoms with E-state index < -0.39 is 0 Å². The molecule has 1 aromatic heterocycles. The molecule has 0 bridgehead atoms. The highest BCUT2D eigenvalue weighted by molar-refractivity contribution is 5.39. The summed E-state index contributed by atoms with van der Waals surface area (Å²) in [6.45, 7) is 3.13. The Balaban J connectivity index is 1.59. The largest absolute Gasteiger partial charge is 0.380 e. The number of rotatable bonds is 5. The maximum atomic E-state index is 4.45. The first-order chi connectivity index (χ1) is 9.81. The van der Waals surface area contributed by atoms with E-state index in [-0.39, 0.29) is 0 Å². The van der Waals surface area contributed by atoms with Gasteiger partial charge in [-0.15, -0.1) is 0 Å². The second kappa shape index (κ2) is 6.12. The molecule has 0 spiro atoms. The molecule has 0 amide bonds. The highest BCUT2D eigenvalue weighted by Crippen LogP contribution is 2.29. The molecule has 1 saturated carbocycles. The van der Waals surface area contributed by atoms with Crippen molar-refractivity contribution in [1.29, 1.82) is 0 Å². The van der Waals surface area contributed by atoms with E-state index in [2.05, 4.69) is 47.8 Å². The van der Waals surface area contributed by atoms with E-state index in [0.717, 1.165) is 18.2 Å². The maximum absolute atomic E-state index is 4.45. The van der Waals surface area contributed by atoms with Crippen LogP contribution in [0.25, 0.3) is 0 Å². The van der Waals surface area contributed by atoms with Gasteiger partial charge < -0.3 is 5.32 Å². The molecule has 0 aliphatic heterocycles. The number of aromatic nitrogens is 2. The van der Waals surface area contributed by atoms with Crippen LogP contribution in [0.5, 0.6) is 0 Å². The van der Waals surface area contributed by atoms with Gasteiger partial charge in [-0.05, 0) is 31.2 Å². The van der Waals surface area contributed by atoms with Crippen molar-refractivity contribution in [1.82, 2.24) is 9.78 Å². The third kappa shape index (κ3) is 3.21. The van der Waals surface area contributed by atoms with Crippen LogP contribution in [-0.2, 0) is 6.54 Å². The molecule has 1 fully saturated rings. The first kappa shape index (κ1) is 13.2. The van der Waals surface area contributed by atoms with Crippen molar-refractivity contribution >= 4 is 5.69 Å². The summed E-state index contributed by atoms with van der Waals surface area (Å²) in [7, 11) is 0. The molecular weight excluding hydrogens is 246 g/mol. The van der Waals surface area contributed by atoms with Crippen molar-refractivity contribution in [2.75, 3.05) is 5.32 Å². The summed E-state index contributed by atoms with van der Waals surface area (Å²) in [6.07, 6.45) is 9.57. The molecule has 106 valence electrons. The second-order valence-electron chi connectivity index (χ2n) is 5.89. The standard InChI is InChI=1S/C17H23N3/c1-14(16-9-5-6-10-16)19-17-11-18-20(13-17)12-15-7-3-2-4-8-15/h2-4,7-8,11,13-14,16,19H,5-6,9-10,12H2,1H3. The van der Waals surface area contributed by atoms with Crippen molar-refractivity contribution in [3.63, 3.8) is 0 Å². The van der Waals surface area contributed by atoms with E-state index in [1.54, 1.807) is 0 Å². The van der Waals surface area contributed by atoms with Gasteiger partial charge in [0, 0.05) is 12.2 Å². The highest BCUT2D eigenvalue weighted by atomic mass is 15.3. The molecule has 1 aromatic carbocycles. The van der Waals surface area contributed by atoms with Gasteiger partial charge in [0.2, 0.25) is 0 Å². The minimum atomic E-state index is 0.548. The fourth-order valence-electron chi connectivity index (χ4n) is 3.13. The zero-order chi connectivity index (χ0) is 13.8. The van der Waals surface area contributed by atoms with Gasteiger partial charge in [0.1, 0.15) is 0 Å². The fourth-order valence-corrected chi connectivity index (χ4v) is 3.13. The first-order valence-corrected chi connectivity index (χ1v) is 7.64. The molecule has 2 aromatic rings. The third-order valence-electron chi connectivity index (χ3n) is 4.32. The number of hydrogen-bond donors (Lipinski definition) is 1. The molecule has 1 heterocycles. The lowest BCUT2D eigenvalue weighted by Gasteiger charge is -2.20. The van der Waals surface area contributed by atoms with Gasteiger partial charge >= 0.3 is 0 Å². The number of nitrogens with one attached hydrogen (secondary N) is 1. The van der Waals surface area contributed by atoms with Crippen LogP contribution in [0, 0.1) is 5.92 Å². The Bertz CT molecular complexity index is 526. The summed E-state index contributed by atoms with van der Waals surface area (Å²) >= 11 is 0. The summed E-state index contributed by atoms with van der Waals surface area (Å²) in [6, 6.07) is 11.0. The monoisotopic (exact) mass is 269 g/mol. The molecule has 3 nitrogen and oxygen atoms in total. The predicted molar refractivity (Wildman–Crippen MR) is 82.8 cm³/mol. The van der Waals surface area contributed by atoms with Crippen LogP contribution in [0.1, 0.15) is 38.2 Å². The molecule has 3 rings (SSSR count). The van der Waals surface area contributed by atoms with Crippen molar-refractivity contribution in [2.24, 2.45) is 5.92 Å². The van der Waals surface area contributed by atoms with E-state index in [1.165, 1.54) is 31.2 Å². The Morgan fingerprint density at radius 2 is 2.00 bits per heavy atom. The lowest BCUT2D eigenvalue weighted by atomic mass is 10.00. The Morgan fingerprint density at radius 1 is 1.25 bits per heavy atom. The normalized spacial score (nSPS) is 17.2. The Hall–Kier alpha value is -1.77. The minimum absolute atomic E-state index is 0.548. The van der Waals surface area contributed by atoms with Gasteiger partial charge in [-0.1, -0.05) is 43.2 Å². The van der Waals surface area contributed by atoms with Crippen LogP contribution in [0.3, 0.4) is 0 Å². The molecule has 1 N–H and O–H groups in total. The fraction of sp³-hybridized carbons (Fsp3) is 0.471. The Labute approximate surface area is 121 Å². The molecule has 0 radical (unpaired) electrons. The number of benzene rings is 1. The van der Waals surface area contributed by atoms with Crippen LogP contribution in [-0.4, -0.2) is 15.8 Å². The van der Waals surface area contributed by atoms with E-state index in [0.29, 0.717) is 6.04 Å². The highest BCUT2D eigenvalue weighted by Gasteiger charge is 2.21. The van der Waals surface area contributed by atoms with E-state index >= 15 is 0 Å². The molecule has 20 heavy (non-hydrogen) atoms. The topological polar surface area (TPSA) is 29.9 Å². The number of hydrogen-bond acceptors (Lipinski definition) is 2. The average Bonchev–Trinajstić information content (AvgIpc) is 3.11. The molecular formula is C17H23N3. The van der Waals surface area contributed by atoms with Gasteiger partial charge in [0.25, 0.3) is 0 Å². The van der Waals surface area contributed by atoms with E-state index in [4.69, 9.17) is 0 Å². The average molecular weight is 269 g/mol. The summed E-state index contributed by atoms with van der Waals surface area (Å²) in [5, 5.41) is 8.05. The summed E-state index contributed by atoms with van der Waals surface area (Å²) in [5.41, 5.74) is 2.42. The predicted octanol–water partition coefficient (Wildman–Crippen LogP) is 3.92. The minimum Gasteiger partial charge on any atom is -0.380 e. The van der Waals surface area contributed by atoms with E-state index in [1.807, 2.05) is 16.9 Å². The van der Waals surface area contributed by atoms with Gasteiger partial charge in [-0.3, -0.25) is 4.68 Å². The van der Waals surface area contributed by atoms with Gasteiger partial charge in [-0.2, -0.15) is 5.10 Å². The quantitative estimate of drug-likeness (QED) is 0.891. The number of nitrogens with zero attached hydrogens (tertiary/aromatic N) is 2. The lowest BCUT2D eigenvalue weighted by Crippen LogP contribution is -2.23. The maximum Gasteiger partial charge on any atom is 0.0728 e. The SMILES string of the molecule is CC(Nc1cnn(Cc2ccccc2)c1)C1CCCC1. The molecule has 1 atom stereocenters. The second-order valence-corrected chi connectivity index (χ2v) is 5.89. The Kier molecular flexibility index (Phi) is 4.05. The van der Waals surface area contributed by atoms with Crippen molar-refractivity contribution in [3.05, 3.63) is 48.3 Å². The van der Waals surface area contributed by atoms with Crippen molar-refractivity contribution in [3.8, 4) is 0 Å². The van der Waals surface area contributed by atoms with Crippen LogP contribution < -0.4 is 5.32 Å². The molecule has 0 saturated heterocycles. The summed E-state index contributed by atoms with van der Waals surface area (Å²) in [5.74, 6) is 0.826. The van der Waals surface area contributed by atoms with E-state index in [9.17, 15) is 0 Å². The smallest absolute Gasteiger partial charge is 0.0728 e. The lowest BCUT2D eigenvalue weighted by molar-refractivity contribution is 0.482. The van der Waals surface area contributed by atoms with Crippen LogP contribution in [0.2, 0.25) is 0 Å². The van der Waals surface area contributed by atoms with Crippen LogP contribution in [0.15, 0.2) is 42.7 Å². The number of anilines is 1. The van der Waals surface area contributed by atoms with Crippen LogP contribution >= 0.6 is 0 Å². The Morgan fingerprint density at radius 3 is 2.75 bits per heavy atom. The van der Waals surface area contributed by atoms with Gasteiger partial charge in [-0.25, -0.2) is 0 Å². The van der Waals surface area contributed by atoms with Crippen molar-refractivity contribution < 1.29 is 0 Å². The zero-order valence-corrected chi connectivity index (χ0v) is 12.1. The van der Waals surface area contributed by atoms with Gasteiger partial charge in [0.05, 0.1) is 18.4 Å². The third-order valence-corrected chi connectivity index (χ3v) is 4.32. The molecule has 1 unspecified atom stereocenters. The van der Waals surface area contributed by atoms with Crippen LogP contribution in [0.4, 0.5) is 5.69 Å². The molecule has 1 aliphatic carbocycles.